The van der Waals surface area contributed by atoms with Crippen LogP contribution in [0.25, 0.3) is 0 Å². The van der Waals surface area contributed by atoms with Crippen molar-refractivity contribution in [2.75, 3.05) is 13.1 Å². The van der Waals surface area contributed by atoms with Crippen LogP contribution >= 0.6 is 11.3 Å². The van der Waals surface area contributed by atoms with Crippen molar-refractivity contribution >= 4 is 33.0 Å². The molecule has 8 nitrogen and oxygen atoms in total. The second kappa shape index (κ2) is 8.59. The second-order valence-electron chi connectivity index (χ2n) is 5.73. The molecule has 10 heteroatoms. The first kappa shape index (κ1) is 21.0. The Morgan fingerprint density at radius 1 is 1.22 bits per heavy atom. The van der Waals surface area contributed by atoms with Crippen molar-refractivity contribution in [1.29, 1.82) is 0 Å². The predicted octanol–water partition coefficient (Wildman–Crippen LogP) is 2.93. The van der Waals surface area contributed by atoms with E-state index >= 15 is 0 Å². The van der Waals surface area contributed by atoms with Crippen molar-refractivity contribution in [1.82, 2.24) is 9.62 Å². The number of sulfonamides is 1. The van der Waals surface area contributed by atoms with Crippen molar-refractivity contribution < 1.29 is 18.1 Å². The summed E-state index contributed by atoms with van der Waals surface area (Å²) in [5, 5.41) is 13.6. The zero-order valence-corrected chi connectivity index (χ0v) is 16.9. The fraction of sp³-hybridized carbons (Fsp3) is 0.353. The molecule has 0 bridgehead atoms. The molecule has 0 saturated heterocycles. The third kappa shape index (κ3) is 4.71. The van der Waals surface area contributed by atoms with Gasteiger partial charge in [0.05, 0.1) is 19.6 Å². The molecule has 0 atom stereocenters. The molecule has 0 unspecified atom stereocenters. The van der Waals surface area contributed by atoms with E-state index in [-0.39, 0.29) is 22.0 Å². The van der Waals surface area contributed by atoms with Gasteiger partial charge in [0.2, 0.25) is 10.0 Å². The van der Waals surface area contributed by atoms with Crippen LogP contribution in [0.3, 0.4) is 0 Å². The fourth-order valence-corrected chi connectivity index (χ4v) is 4.89. The second-order valence-corrected chi connectivity index (χ2v) is 8.92. The number of thiophene rings is 1. The van der Waals surface area contributed by atoms with Crippen molar-refractivity contribution in [3.63, 3.8) is 0 Å². The molecule has 1 aromatic heterocycles. The normalized spacial score (nSPS) is 11.6. The van der Waals surface area contributed by atoms with E-state index in [9.17, 15) is 23.3 Å². The summed E-state index contributed by atoms with van der Waals surface area (Å²) < 4.78 is 26.3. The molecule has 0 fully saturated rings. The number of hydrogen-bond acceptors (Lipinski definition) is 6. The van der Waals surface area contributed by atoms with Gasteiger partial charge in [0, 0.05) is 25.7 Å². The molecule has 0 spiro atoms. The van der Waals surface area contributed by atoms with Gasteiger partial charge in [-0.15, -0.1) is 11.3 Å². The van der Waals surface area contributed by atoms with Gasteiger partial charge in [0.15, 0.2) is 0 Å². The quantitative estimate of drug-likeness (QED) is 0.530. The van der Waals surface area contributed by atoms with Gasteiger partial charge in [-0.3, -0.25) is 14.9 Å². The van der Waals surface area contributed by atoms with Gasteiger partial charge in [-0.1, -0.05) is 26.0 Å². The first-order valence-electron chi connectivity index (χ1n) is 8.32. The Bertz CT molecular complexity index is 932. The van der Waals surface area contributed by atoms with Crippen molar-refractivity contribution in [3.8, 4) is 0 Å². The van der Waals surface area contributed by atoms with E-state index in [0.29, 0.717) is 18.0 Å². The molecule has 0 radical (unpaired) electrons. The van der Waals surface area contributed by atoms with Crippen LogP contribution in [0.1, 0.15) is 34.0 Å². The van der Waals surface area contributed by atoms with E-state index in [1.165, 1.54) is 22.5 Å². The number of hydrogen-bond donors (Lipinski definition) is 1. The molecule has 1 heterocycles. The number of benzene rings is 1. The van der Waals surface area contributed by atoms with E-state index in [1.54, 1.807) is 32.9 Å². The maximum atomic E-state index is 12.4. The van der Waals surface area contributed by atoms with Gasteiger partial charge < -0.3 is 5.32 Å². The summed E-state index contributed by atoms with van der Waals surface area (Å²) in [5.74, 6) is -0.406. The molecule has 1 N–H and O–H groups in total. The van der Waals surface area contributed by atoms with E-state index in [0.717, 1.165) is 16.9 Å². The third-order valence-corrected chi connectivity index (χ3v) is 7.13. The van der Waals surface area contributed by atoms with E-state index < -0.39 is 20.9 Å². The number of carbonyl (C=O) groups excluding carboxylic acids is 1. The standard InChI is InChI=1S/C17H21N3O5S2/c1-4-19(5-2)27(24,25)14-8-6-13(7-9-14)11-18-17(21)16-10-15(20(22)23)12(3)26-16/h6-10H,4-5,11H2,1-3H3,(H,18,21). The van der Waals surface area contributed by atoms with Crippen LogP contribution in [0.4, 0.5) is 5.69 Å². The molecule has 1 aromatic carbocycles. The Morgan fingerprint density at radius 3 is 2.30 bits per heavy atom. The SMILES string of the molecule is CCN(CC)S(=O)(=O)c1ccc(CNC(=O)c2cc([N+](=O)[O-])c(C)s2)cc1. The van der Waals surface area contributed by atoms with Gasteiger partial charge in [-0.25, -0.2) is 8.42 Å². The van der Waals surface area contributed by atoms with Gasteiger partial charge in [-0.2, -0.15) is 4.31 Å². The first-order valence-corrected chi connectivity index (χ1v) is 10.6. The Labute approximate surface area is 162 Å². The molecule has 0 aliphatic carbocycles. The zero-order chi connectivity index (χ0) is 20.2. The molecule has 2 rings (SSSR count). The fourth-order valence-electron chi connectivity index (χ4n) is 2.53. The van der Waals surface area contributed by atoms with Gasteiger partial charge >= 0.3 is 0 Å². The zero-order valence-electron chi connectivity index (χ0n) is 15.3. The number of aryl methyl sites for hydroxylation is 1. The monoisotopic (exact) mass is 411 g/mol. The van der Waals surface area contributed by atoms with Crippen LogP contribution in [0.2, 0.25) is 0 Å². The van der Waals surface area contributed by atoms with Crippen LogP contribution < -0.4 is 5.32 Å². The van der Waals surface area contributed by atoms with Crippen LogP contribution in [-0.2, 0) is 16.6 Å². The number of nitrogens with one attached hydrogen (secondary N) is 1. The molecular formula is C17H21N3O5S2. The average molecular weight is 412 g/mol. The van der Waals surface area contributed by atoms with Crippen LogP contribution in [-0.4, -0.2) is 36.6 Å². The molecule has 0 saturated carbocycles. The Balaban J connectivity index is 2.06. The minimum atomic E-state index is -3.52. The van der Waals surface area contributed by atoms with Crippen LogP contribution in [0.15, 0.2) is 35.2 Å². The first-order chi connectivity index (χ1) is 12.7. The Kier molecular flexibility index (Phi) is 6.68. The highest BCUT2D eigenvalue weighted by atomic mass is 32.2. The van der Waals surface area contributed by atoms with Crippen molar-refractivity contribution in [2.45, 2.75) is 32.2 Å². The summed E-state index contributed by atoms with van der Waals surface area (Å²) in [5.41, 5.74) is 0.653. The lowest BCUT2D eigenvalue weighted by Crippen LogP contribution is -2.30. The maximum absolute atomic E-state index is 12.4. The number of carbonyl (C=O) groups is 1. The number of nitrogens with zero attached hydrogens (tertiary/aromatic N) is 2. The highest BCUT2D eigenvalue weighted by Crippen LogP contribution is 2.28. The van der Waals surface area contributed by atoms with Crippen LogP contribution in [0, 0.1) is 17.0 Å². The van der Waals surface area contributed by atoms with E-state index in [4.69, 9.17) is 0 Å². The molecule has 146 valence electrons. The number of rotatable bonds is 8. The maximum Gasteiger partial charge on any atom is 0.283 e. The van der Waals surface area contributed by atoms with Gasteiger partial charge in [-0.05, 0) is 24.6 Å². The van der Waals surface area contributed by atoms with Crippen LogP contribution in [0.5, 0.6) is 0 Å². The molecule has 2 aromatic rings. The van der Waals surface area contributed by atoms with Crippen molar-refractivity contribution in [3.05, 3.63) is 55.8 Å². The summed E-state index contributed by atoms with van der Waals surface area (Å²) in [6.07, 6.45) is 0. The average Bonchev–Trinajstić information content (AvgIpc) is 3.03. The Hall–Kier alpha value is -2.30. The lowest BCUT2D eigenvalue weighted by molar-refractivity contribution is -0.385. The summed E-state index contributed by atoms with van der Waals surface area (Å²) in [6, 6.07) is 7.55. The summed E-state index contributed by atoms with van der Waals surface area (Å²) in [7, 11) is -3.52. The number of nitro groups is 1. The summed E-state index contributed by atoms with van der Waals surface area (Å²) in [6.45, 7) is 6.12. The highest BCUT2D eigenvalue weighted by molar-refractivity contribution is 7.89. The molecule has 0 aliphatic rings. The molecule has 1 amide bonds. The molecule has 0 aliphatic heterocycles. The predicted molar refractivity (Wildman–Crippen MR) is 103 cm³/mol. The molecule has 27 heavy (non-hydrogen) atoms. The minimum Gasteiger partial charge on any atom is -0.347 e. The van der Waals surface area contributed by atoms with E-state index in [1.807, 2.05) is 0 Å². The third-order valence-electron chi connectivity index (χ3n) is 4.03. The topological polar surface area (TPSA) is 110 Å². The lowest BCUT2D eigenvalue weighted by atomic mass is 10.2. The summed E-state index contributed by atoms with van der Waals surface area (Å²) in [4.78, 5) is 23.5. The lowest BCUT2D eigenvalue weighted by Gasteiger charge is -2.18. The number of amides is 1. The van der Waals surface area contributed by atoms with Crippen molar-refractivity contribution in [2.24, 2.45) is 0 Å². The van der Waals surface area contributed by atoms with Gasteiger partial charge in [0.1, 0.15) is 0 Å². The summed E-state index contributed by atoms with van der Waals surface area (Å²) >= 11 is 1.06. The van der Waals surface area contributed by atoms with E-state index in [2.05, 4.69) is 5.32 Å². The minimum absolute atomic E-state index is 0.0730. The largest absolute Gasteiger partial charge is 0.347 e. The molecular weight excluding hydrogens is 390 g/mol. The smallest absolute Gasteiger partial charge is 0.283 e. The Morgan fingerprint density at radius 2 is 1.81 bits per heavy atom. The van der Waals surface area contributed by atoms with Gasteiger partial charge in [0.25, 0.3) is 11.6 Å². The highest BCUT2D eigenvalue weighted by Gasteiger charge is 2.22.